The Kier molecular flexibility index (Phi) is 8.29. The maximum Gasteiger partial charge on any atom is 0.416 e. The Bertz CT molecular complexity index is 1210. The largest absolute Gasteiger partial charge is 0.465 e. The van der Waals surface area contributed by atoms with Crippen molar-refractivity contribution >= 4 is 17.7 Å². The number of alkyl halides is 3. The Morgan fingerprint density at radius 2 is 1.67 bits per heavy atom. The number of hydrogen-bond acceptors (Lipinski definition) is 7. The number of pyridine rings is 1. The van der Waals surface area contributed by atoms with Gasteiger partial charge < -0.3 is 14.8 Å². The van der Waals surface area contributed by atoms with Gasteiger partial charge in [-0.3, -0.25) is 14.6 Å². The van der Waals surface area contributed by atoms with Crippen molar-refractivity contribution in [1.82, 2.24) is 10.3 Å². The number of benzene rings is 1. The lowest BCUT2D eigenvalue weighted by atomic mass is 9.73. The molecule has 1 aliphatic rings. The van der Waals surface area contributed by atoms with Crippen LogP contribution in [0.1, 0.15) is 48.2 Å². The zero-order valence-corrected chi connectivity index (χ0v) is 19.9. The standard InChI is InChI=1S/C26H25F3N2O5/c1-4-35-24(33)21-15(3)31-19(14-20(32)16-10-12-30-13-11-16)23(25(34)36-5-2)22(21)17-8-6-7-9-18(17)26(27,28)29/h6-14,22-23,31H,4-5H2,1-3H3/b19-14-/t22-,23-/m1/s1. The summed E-state index contributed by atoms with van der Waals surface area (Å²) < 4.78 is 52.5. The molecule has 0 spiro atoms. The van der Waals surface area contributed by atoms with Crippen molar-refractivity contribution in [2.45, 2.75) is 32.9 Å². The highest BCUT2D eigenvalue weighted by atomic mass is 19.4. The van der Waals surface area contributed by atoms with E-state index in [1.165, 1.54) is 49.6 Å². The van der Waals surface area contributed by atoms with Crippen LogP contribution in [0, 0.1) is 5.92 Å². The van der Waals surface area contributed by atoms with Crippen LogP contribution in [-0.2, 0) is 25.2 Å². The highest BCUT2D eigenvalue weighted by Gasteiger charge is 2.47. The highest BCUT2D eigenvalue weighted by molar-refractivity contribution is 6.05. The summed E-state index contributed by atoms with van der Waals surface area (Å²) in [5.41, 5.74) is -1.06. The van der Waals surface area contributed by atoms with E-state index in [-0.39, 0.29) is 41.3 Å². The summed E-state index contributed by atoms with van der Waals surface area (Å²) in [7, 11) is 0. The first-order valence-corrected chi connectivity index (χ1v) is 11.2. The summed E-state index contributed by atoms with van der Waals surface area (Å²) in [4.78, 5) is 43.0. The van der Waals surface area contributed by atoms with Gasteiger partial charge in [-0.05, 0) is 44.5 Å². The first kappa shape index (κ1) is 26.7. The Balaban J connectivity index is 2.30. The van der Waals surface area contributed by atoms with Gasteiger partial charge in [0.25, 0.3) is 0 Å². The molecular formula is C26H25F3N2O5. The number of ketones is 1. The van der Waals surface area contributed by atoms with E-state index in [9.17, 15) is 27.6 Å². The highest BCUT2D eigenvalue weighted by Crippen LogP contribution is 2.46. The predicted molar refractivity (Wildman–Crippen MR) is 123 cm³/mol. The molecule has 0 amide bonds. The molecule has 2 aromatic rings. The number of rotatable bonds is 7. The Labute approximate surface area is 206 Å². The summed E-state index contributed by atoms with van der Waals surface area (Å²) in [6, 6.07) is 7.62. The molecule has 2 atom stereocenters. The van der Waals surface area contributed by atoms with E-state index in [2.05, 4.69) is 10.3 Å². The molecule has 190 valence electrons. The summed E-state index contributed by atoms with van der Waals surface area (Å²) >= 11 is 0. The van der Waals surface area contributed by atoms with Gasteiger partial charge in [-0.15, -0.1) is 0 Å². The molecule has 1 aromatic carbocycles. The summed E-state index contributed by atoms with van der Waals surface area (Å²) in [6.45, 7) is 4.49. The number of nitrogens with zero attached hydrogens (tertiary/aromatic N) is 1. The van der Waals surface area contributed by atoms with E-state index < -0.39 is 41.3 Å². The van der Waals surface area contributed by atoms with Crippen LogP contribution < -0.4 is 5.32 Å². The topological polar surface area (TPSA) is 94.6 Å². The molecule has 0 radical (unpaired) electrons. The van der Waals surface area contributed by atoms with Crippen molar-refractivity contribution < 1.29 is 37.0 Å². The number of halogens is 3. The molecule has 0 saturated carbocycles. The SMILES string of the molecule is CCOC(=O)C1=C(C)N/C(=C\C(=O)c2ccncc2)[C@@H](C(=O)OCC)[C@@H]1c1ccccc1C(F)(F)F. The molecule has 0 aliphatic carbocycles. The van der Waals surface area contributed by atoms with Gasteiger partial charge in [-0.1, -0.05) is 18.2 Å². The van der Waals surface area contributed by atoms with Gasteiger partial charge in [0.05, 0.1) is 24.4 Å². The number of ether oxygens (including phenoxy) is 2. The minimum absolute atomic E-state index is 0.00258. The van der Waals surface area contributed by atoms with Gasteiger partial charge in [0.2, 0.25) is 0 Å². The first-order chi connectivity index (χ1) is 17.1. The molecule has 3 rings (SSSR count). The van der Waals surface area contributed by atoms with Crippen LogP contribution in [0.5, 0.6) is 0 Å². The number of aromatic nitrogens is 1. The van der Waals surface area contributed by atoms with Gasteiger partial charge in [0.15, 0.2) is 5.78 Å². The van der Waals surface area contributed by atoms with Gasteiger partial charge in [0.1, 0.15) is 5.92 Å². The molecule has 1 aliphatic heterocycles. The normalized spacial score (nSPS) is 19.0. The van der Waals surface area contributed by atoms with Gasteiger partial charge in [-0.25, -0.2) is 4.79 Å². The Hall–Kier alpha value is -3.95. The molecule has 0 fully saturated rings. The molecule has 2 heterocycles. The summed E-state index contributed by atoms with van der Waals surface area (Å²) in [6.07, 6.45) is -0.818. The van der Waals surface area contributed by atoms with E-state index in [0.29, 0.717) is 0 Å². The average molecular weight is 502 g/mol. The molecule has 0 saturated heterocycles. The number of nitrogens with one attached hydrogen (secondary N) is 1. The minimum Gasteiger partial charge on any atom is -0.465 e. The van der Waals surface area contributed by atoms with Crippen LogP contribution in [0.2, 0.25) is 0 Å². The maximum absolute atomic E-state index is 14.0. The van der Waals surface area contributed by atoms with Gasteiger partial charge >= 0.3 is 18.1 Å². The zero-order valence-electron chi connectivity index (χ0n) is 19.9. The van der Waals surface area contributed by atoms with Crippen molar-refractivity contribution in [1.29, 1.82) is 0 Å². The summed E-state index contributed by atoms with van der Waals surface area (Å²) in [5, 5.41) is 2.88. The van der Waals surface area contributed by atoms with Crippen LogP contribution >= 0.6 is 0 Å². The Morgan fingerprint density at radius 1 is 1.03 bits per heavy atom. The first-order valence-electron chi connectivity index (χ1n) is 11.2. The van der Waals surface area contributed by atoms with Crippen LogP contribution in [0.4, 0.5) is 13.2 Å². The number of carbonyl (C=O) groups excluding carboxylic acids is 3. The van der Waals surface area contributed by atoms with Crippen molar-refractivity contribution in [2.75, 3.05) is 13.2 Å². The third-order valence-corrected chi connectivity index (χ3v) is 5.60. The smallest absolute Gasteiger partial charge is 0.416 e. The van der Waals surface area contributed by atoms with Gasteiger partial charge in [-0.2, -0.15) is 13.2 Å². The molecule has 36 heavy (non-hydrogen) atoms. The lowest BCUT2D eigenvalue weighted by Crippen LogP contribution is -2.41. The van der Waals surface area contributed by atoms with Crippen LogP contribution in [0.3, 0.4) is 0 Å². The zero-order chi connectivity index (χ0) is 26.5. The number of hydrogen-bond donors (Lipinski definition) is 1. The number of esters is 2. The fraction of sp³-hybridized carbons (Fsp3) is 0.308. The van der Waals surface area contributed by atoms with Crippen molar-refractivity contribution in [3.63, 3.8) is 0 Å². The number of carbonyl (C=O) groups is 3. The fourth-order valence-electron chi connectivity index (χ4n) is 4.15. The quantitative estimate of drug-likeness (QED) is 0.337. The lowest BCUT2D eigenvalue weighted by Gasteiger charge is -2.36. The average Bonchev–Trinajstić information content (AvgIpc) is 2.83. The fourth-order valence-corrected chi connectivity index (χ4v) is 4.15. The van der Waals surface area contributed by atoms with E-state index in [0.717, 1.165) is 12.1 Å². The molecule has 1 aromatic heterocycles. The van der Waals surface area contributed by atoms with Crippen molar-refractivity contribution in [3.8, 4) is 0 Å². The van der Waals surface area contributed by atoms with Crippen molar-refractivity contribution in [3.05, 3.63) is 88.5 Å². The second-order valence-corrected chi connectivity index (χ2v) is 7.88. The van der Waals surface area contributed by atoms with E-state index in [1.807, 2.05) is 0 Å². The third-order valence-electron chi connectivity index (χ3n) is 5.60. The van der Waals surface area contributed by atoms with Gasteiger partial charge in [0, 0.05) is 41.3 Å². The van der Waals surface area contributed by atoms with E-state index in [1.54, 1.807) is 13.8 Å². The predicted octanol–water partition coefficient (Wildman–Crippen LogP) is 4.57. The van der Waals surface area contributed by atoms with Crippen LogP contribution in [-0.4, -0.2) is 35.9 Å². The lowest BCUT2D eigenvalue weighted by molar-refractivity contribution is -0.149. The maximum atomic E-state index is 14.0. The second-order valence-electron chi connectivity index (χ2n) is 7.88. The number of allylic oxidation sites excluding steroid dienone is 2. The third kappa shape index (κ3) is 5.64. The van der Waals surface area contributed by atoms with Crippen LogP contribution in [0.15, 0.2) is 71.8 Å². The molecular weight excluding hydrogens is 477 g/mol. The second kappa shape index (κ2) is 11.2. The Morgan fingerprint density at radius 3 is 2.28 bits per heavy atom. The molecule has 0 bridgehead atoms. The molecule has 0 unspecified atom stereocenters. The molecule has 1 N–H and O–H groups in total. The minimum atomic E-state index is -4.77. The van der Waals surface area contributed by atoms with Crippen LogP contribution in [0.25, 0.3) is 0 Å². The van der Waals surface area contributed by atoms with Crippen molar-refractivity contribution in [2.24, 2.45) is 5.92 Å². The summed E-state index contributed by atoms with van der Waals surface area (Å²) in [5.74, 6) is -5.17. The van der Waals surface area contributed by atoms with E-state index in [4.69, 9.17) is 9.47 Å². The monoisotopic (exact) mass is 502 g/mol. The molecule has 7 nitrogen and oxygen atoms in total. The molecule has 10 heteroatoms. The van der Waals surface area contributed by atoms with E-state index >= 15 is 0 Å².